The molecule has 312 valence electrons. The Labute approximate surface area is 387 Å². The second kappa shape index (κ2) is 18.2. The van der Waals surface area contributed by atoms with Crippen molar-refractivity contribution in [1.29, 1.82) is 0 Å². The predicted molar refractivity (Wildman–Crippen MR) is 280 cm³/mol. The molecule has 0 aromatic heterocycles. The second-order valence-corrected chi connectivity index (χ2v) is 16.6. The SMILES string of the molecule is c1ccc(-c2ccc(N(c3ccc(-c4ccccc4)cc3)c3ccc(-c4ccc(-c5ccc(N(c6ccc(-c7ccccc7)cc6)c6ccc7ccccc7c6)cc5)cc4)cc3)cc2)cc1. The molecule has 0 N–H and O–H groups in total. The molecule has 0 aliphatic carbocycles. The molecule has 0 fully saturated rings. The zero-order chi connectivity index (χ0) is 44.1. The van der Waals surface area contributed by atoms with E-state index in [4.69, 9.17) is 0 Å². The summed E-state index contributed by atoms with van der Waals surface area (Å²) in [6, 6.07) is 100. The predicted octanol–water partition coefficient (Wildman–Crippen LogP) is 18.1. The highest BCUT2D eigenvalue weighted by atomic mass is 15.1. The number of hydrogen-bond acceptors (Lipinski definition) is 2. The maximum atomic E-state index is 2.35. The lowest BCUT2D eigenvalue weighted by Crippen LogP contribution is -2.09. The van der Waals surface area contributed by atoms with Crippen molar-refractivity contribution >= 4 is 44.9 Å². The molecule has 11 aromatic rings. The highest BCUT2D eigenvalue weighted by molar-refractivity contribution is 5.90. The summed E-state index contributed by atoms with van der Waals surface area (Å²) in [4.78, 5) is 4.68. The molecule has 0 unspecified atom stereocenters. The number of benzene rings is 11. The number of fused-ring (bicyclic) bond motifs is 1. The maximum Gasteiger partial charge on any atom is 0.0468 e. The number of nitrogens with zero attached hydrogens (tertiary/aromatic N) is 2. The van der Waals surface area contributed by atoms with Gasteiger partial charge in [-0.05, 0) is 139 Å². The van der Waals surface area contributed by atoms with E-state index in [2.05, 4.69) is 289 Å². The van der Waals surface area contributed by atoms with Gasteiger partial charge in [0, 0.05) is 34.1 Å². The Morgan fingerprint density at radius 1 is 0.152 bits per heavy atom. The molecule has 0 saturated carbocycles. The molecule has 0 radical (unpaired) electrons. The first-order chi connectivity index (χ1) is 32.7. The van der Waals surface area contributed by atoms with Crippen LogP contribution >= 0.6 is 0 Å². The van der Waals surface area contributed by atoms with Gasteiger partial charge in [0.15, 0.2) is 0 Å². The molecule has 0 aliphatic heterocycles. The van der Waals surface area contributed by atoms with Crippen LogP contribution in [0, 0.1) is 0 Å². The van der Waals surface area contributed by atoms with E-state index >= 15 is 0 Å². The monoisotopic (exact) mass is 842 g/mol. The van der Waals surface area contributed by atoms with Crippen molar-refractivity contribution in [2.45, 2.75) is 0 Å². The van der Waals surface area contributed by atoms with Crippen LogP contribution in [0.3, 0.4) is 0 Å². The van der Waals surface area contributed by atoms with Crippen LogP contribution in [0.25, 0.3) is 66.4 Å². The van der Waals surface area contributed by atoms with E-state index in [1.54, 1.807) is 0 Å². The minimum atomic E-state index is 1.10. The summed E-state index contributed by atoms with van der Waals surface area (Å²) >= 11 is 0. The van der Waals surface area contributed by atoms with Crippen LogP contribution in [0.15, 0.2) is 279 Å². The summed E-state index contributed by atoms with van der Waals surface area (Å²) in [6.45, 7) is 0. The topological polar surface area (TPSA) is 6.48 Å². The van der Waals surface area contributed by atoms with Gasteiger partial charge in [0.25, 0.3) is 0 Å². The van der Waals surface area contributed by atoms with Crippen molar-refractivity contribution < 1.29 is 0 Å². The molecule has 11 rings (SSSR count). The molecule has 11 aromatic carbocycles. The largest absolute Gasteiger partial charge is 0.311 e. The summed E-state index contributed by atoms with van der Waals surface area (Å²) in [6.07, 6.45) is 0. The summed E-state index contributed by atoms with van der Waals surface area (Å²) in [5.41, 5.74) is 18.5. The summed E-state index contributed by atoms with van der Waals surface area (Å²) in [5, 5.41) is 2.44. The molecule has 0 bridgehead atoms. The summed E-state index contributed by atoms with van der Waals surface area (Å²) in [5.74, 6) is 0. The van der Waals surface area contributed by atoms with E-state index < -0.39 is 0 Å². The third-order valence-corrected chi connectivity index (χ3v) is 12.5. The normalized spacial score (nSPS) is 11.0. The first-order valence-electron chi connectivity index (χ1n) is 22.6. The smallest absolute Gasteiger partial charge is 0.0468 e. The van der Waals surface area contributed by atoms with E-state index in [0.717, 1.165) is 34.1 Å². The van der Waals surface area contributed by atoms with Crippen LogP contribution in [0.1, 0.15) is 0 Å². The fourth-order valence-corrected chi connectivity index (χ4v) is 8.97. The Kier molecular flexibility index (Phi) is 11.0. The third kappa shape index (κ3) is 8.40. The molecule has 0 amide bonds. The van der Waals surface area contributed by atoms with Crippen LogP contribution < -0.4 is 9.80 Å². The lowest BCUT2D eigenvalue weighted by atomic mass is 9.99. The Bertz CT molecular complexity index is 3250. The average molecular weight is 843 g/mol. The third-order valence-electron chi connectivity index (χ3n) is 12.5. The van der Waals surface area contributed by atoms with E-state index in [-0.39, 0.29) is 0 Å². The van der Waals surface area contributed by atoms with E-state index in [0.29, 0.717) is 0 Å². The molecule has 0 heterocycles. The first-order valence-corrected chi connectivity index (χ1v) is 22.6. The number of hydrogen-bond donors (Lipinski definition) is 0. The lowest BCUT2D eigenvalue weighted by molar-refractivity contribution is 1.28. The first kappa shape index (κ1) is 40.1. The fraction of sp³-hybridized carbons (Fsp3) is 0. The molecular weight excluding hydrogens is 797 g/mol. The Morgan fingerprint density at radius 2 is 0.364 bits per heavy atom. The molecule has 0 spiro atoms. The fourth-order valence-electron chi connectivity index (χ4n) is 8.97. The number of rotatable bonds is 11. The van der Waals surface area contributed by atoms with E-state index in [1.165, 1.54) is 66.4 Å². The van der Waals surface area contributed by atoms with Crippen molar-refractivity contribution in [3.8, 4) is 55.6 Å². The van der Waals surface area contributed by atoms with Gasteiger partial charge in [0.05, 0.1) is 0 Å². The van der Waals surface area contributed by atoms with Crippen molar-refractivity contribution in [2.24, 2.45) is 0 Å². The van der Waals surface area contributed by atoms with Gasteiger partial charge in [-0.3, -0.25) is 0 Å². The van der Waals surface area contributed by atoms with Crippen molar-refractivity contribution in [1.82, 2.24) is 0 Å². The van der Waals surface area contributed by atoms with Gasteiger partial charge in [-0.15, -0.1) is 0 Å². The van der Waals surface area contributed by atoms with Crippen LogP contribution in [0.4, 0.5) is 34.1 Å². The Morgan fingerprint density at radius 3 is 0.667 bits per heavy atom. The summed E-state index contributed by atoms with van der Waals surface area (Å²) < 4.78 is 0. The van der Waals surface area contributed by atoms with Crippen LogP contribution in [0.2, 0.25) is 0 Å². The minimum absolute atomic E-state index is 1.10. The van der Waals surface area contributed by atoms with Gasteiger partial charge >= 0.3 is 0 Å². The number of anilines is 6. The standard InChI is InChI=1S/C64H46N2/c1-4-12-47(13-5-1)53-24-35-59(36-25-53)65(60-37-26-54(27-38-60)48-14-6-2-7-15-48)61-39-30-56(31-40-61)51-20-22-52(23-21-51)57-32-43-63(44-33-57)66(64-45-34-50-18-10-11-19-58(50)46-64)62-41-28-55(29-42-62)49-16-8-3-9-17-49/h1-46H. The lowest BCUT2D eigenvalue weighted by Gasteiger charge is -2.26. The van der Waals surface area contributed by atoms with Gasteiger partial charge in [-0.25, -0.2) is 0 Å². The molecule has 2 nitrogen and oxygen atoms in total. The van der Waals surface area contributed by atoms with Gasteiger partial charge in [-0.2, -0.15) is 0 Å². The van der Waals surface area contributed by atoms with Crippen LogP contribution in [0.5, 0.6) is 0 Å². The Hall–Kier alpha value is -8.72. The average Bonchev–Trinajstić information content (AvgIpc) is 3.41. The van der Waals surface area contributed by atoms with E-state index in [9.17, 15) is 0 Å². The van der Waals surface area contributed by atoms with Gasteiger partial charge in [0.1, 0.15) is 0 Å². The highest BCUT2D eigenvalue weighted by Gasteiger charge is 2.16. The van der Waals surface area contributed by atoms with E-state index in [1.807, 2.05) is 0 Å². The minimum Gasteiger partial charge on any atom is -0.311 e. The van der Waals surface area contributed by atoms with Gasteiger partial charge < -0.3 is 9.80 Å². The highest BCUT2D eigenvalue weighted by Crippen LogP contribution is 2.40. The van der Waals surface area contributed by atoms with Crippen molar-refractivity contribution in [2.75, 3.05) is 9.80 Å². The quantitative estimate of drug-likeness (QED) is 0.128. The zero-order valence-electron chi connectivity index (χ0n) is 36.5. The molecule has 0 aliphatic rings. The zero-order valence-corrected chi connectivity index (χ0v) is 36.5. The summed E-state index contributed by atoms with van der Waals surface area (Å²) in [7, 11) is 0. The molecule has 0 atom stereocenters. The molecule has 0 saturated heterocycles. The maximum absolute atomic E-state index is 2.35. The molecule has 2 heteroatoms. The second-order valence-electron chi connectivity index (χ2n) is 16.6. The molecule has 66 heavy (non-hydrogen) atoms. The van der Waals surface area contributed by atoms with Crippen molar-refractivity contribution in [3.05, 3.63) is 279 Å². The van der Waals surface area contributed by atoms with Gasteiger partial charge in [-0.1, -0.05) is 206 Å². The van der Waals surface area contributed by atoms with Crippen molar-refractivity contribution in [3.63, 3.8) is 0 Å². The van der Waals surface area contributed by atoms with Crippen LogP contribution in [-0.4, -0.2) is 0 Å². The molecular formula is C64H46N2. The van der Waals surface area contributed by atoms with Gasteiger partial charge in [0.2, 0.25) is 0 Å². The van der Waals surface area contributed by atoms with Crippen LogP contribution in [-0.2, 0) is 0 Å². The Balaban J connectivity index is 0.859.